The SMILES string of the molecule is CC(=O)NCS/C(=C(/C)N)c1csn1C.CNCCCN(C)C. The molecule has 0 atom stereocenters. The molecule has 0 aliphatic carbocycles. The van der Waals surface area contributed by atoms with Gasteiger partial charge in [-0.25, -0.2) is 0 Å². The van der Waals surface area contributed by atoms with Crippen molar-refractivity contribution < 1.29 is 4.79 Å². The van der Waals surface area contributed by atoms with Gasteiger partial charge in [0.2, 0.25) is 5.91 Å². The molecule has 8 heteroatoms. The van der Waals surface area contributed by atoms with Crippen molar-refractivity contribution in [3.63, 3.8) is 0 Å². The van der Waals surface area contributed by atoms with Gasteiger partial charge < -0.3 is 21.3 Å². The summed E-state index contributed by atoms with van der Waals surface area (Å²) < 4.78 is 2.05. The van der Waals surface area contributed by atoms with Crippen molar-refractivity contribution in [3.8, 4) is 0 Å². The predicted octanol–water partition coefficient (Wildman–Crippen LogP) is 1.72. The largest absolute Gasteiger partial charge is 0.401 e. The molecule has 0 aliphatic rings. The van der Waals surface area contributed by atoms with Crippen LogP contribution in [0, 0.1) is 0 Å². The second-order valence-electron chi connectivity index (χ2n) is 5.40. The number of nitrogens with one attached hydrogen (secondary N) is 2. The van der Waals surface area contributed by atoms with Crippen LogP contribution in [0.15, 0.2) is 11.1 Å². The minimum absolute atomic E-state index is 0.0261. The number of thioether (sulfide) groups is 1. The van der Waals surface area contributed by atoms with E-state index in [9.17, 15) is 4.79 Å². The average Bonchev–Trinajstić information content (AvgIpc) is 2.44. The molecule has 0 unspecified atom stereocenters. The molecule has 1 heterocycles. The maximum Gasteiger partial charge on any atom is 0.217 e. The molecular weight excluding hydrogens is 330 g/mol. The Bertz CT molecular complexity index is 475. The summed E-state index contributed by atoms with van der Waals surface area (Å²) in [5, 5.41) is 7.87. The number of allylic oxidation sites excluding steroid dienone is 1. The fourth-order valence-electron chi connectivity index (χ4n) is 1.58. The minimum atomic E-state index is -0.0261. The highest BCUT2D eigenvalue weighted by Gasteiger charge is 2.11. The van der Waals surface area contributed by atoms with Crippen LogP contribution in [-0.2, 0) is 11.8 Å². The minimum Gasteiger partial charge on any atom is -0.401 e. The normalized spacial score (nSPS) is 11.8. The van der Waals surface area contributed by atoms with Gasteiger partial charge in [0.25, 0.3) is 0 Å². The van der Waals surface area contributed by atoms with Gasteiger partial charge in [-0.05, 0) is 47.6 Å². The number of aromatic nitrogens is 1. The van der Waals surface area contributed by atoms with Crippen LogP contribution in [0.4, 0.5) is 0 Å². The van der Waals surface area contributed by atoms with Gasteiger partial charge in [0.15, 0.2) is 0 Å². The number of nitrogens with two attached hydrogens (primary N) is 1. The Balaban J connectivity index is 0.000000515. The zero-order valence-corrected chi connectivity index (χ0v) is 16.7. The molecule has 23 heavy (non-hydrogen) atoms. The third kappa shape index (κ3) is 10.4. The van der Waals surface area contributed by atoms with E-state index in [0.717, 1.165) is 22.8 Å². The first-order valence-electron chi connectivity index (χ1n) is 7.53. The molecule has 0 bridgehead atoms. The number of carbonyl (C=O) groups is 1. The monoisotopic (exact) mass is 361 g/mol. The first-order valence-corrected chi connectivity index (χ1v) is 9.35. The summed E-state index contributed by atoms with van der Waals surface area (Å²) in [5.74, 6) is 0.525. The Kier molecular flexibility index (Phi) is 11.9. The summed E-state index contributed by atoms with van der Waals surface area (Å²) in [6.45, 7) is 5.68. The maximum absolute atomic E-state index is 10.7. The molecule has 0 radical (unpaired) electrons. The summed E-state index contributed by atoms with van der Waals surface area (Å²) in [6, 6.07) is 0. The predicted molar refractivity (Wildman–Crippen MR) is 103 cm³/mol. The van der Waals surface area contributed by atoms with Crippen molar-refractivity contribution in [1.29, 1.82) is 0 Å². The lowest BCUT2D eigenvalue weighted by Gasteiger charge is -2.15. The zero-order valence-electron chi connectivity index (χ0n) is 15.1. The second kappa shape index (κ2) is 12.5. The van der Waals surface area contributed by atoms with E-state index in [1.54, 1.807) is 23.3 Å². The Morgan fingerprint density at radius 3 is 2.43 bits per heavy atom. The van der Waals surface area contributed by atoms with Crippen LogP contribution < -0.4 is 16.4 Å². The number of hydrogen-bond donors (Lipinski definition) is 3. The summed E-state index contributed by atoms with van der Waals surface area (Å²) >= 11 is 3.18. The molecule has 1 rings (SSSR count). The second-order valence-corrected chi connectivity index (χ2v) is 7.38. The van der Waals surface area contributed by atoms with Crippen LogP contribution in [0.2, 0.25) is 0 Å². The Labute approximate surface area is 148 Å². The average molecular weight is 362 g/mol. The van der Waals surface area contributed by atoms with Crippen LogP contribution in [0.5, 0.6) is 0 Å². The lowest BCUT2D eigenvalue weighted by molar-refractivity contribution is -0.118. The molecule has 4 N–H and O–H groups in total. The Hall–Kier alpha value is -0.960. The van der Waals surface area contributed by atoms with Crippen LogP contribution >= 0.6 is 23.3 Å². The summed E-state index contributed by atoms with van der Waals surface area (Å²) in [4.78, 5) is 13.9. The van der Waals surface area contributed by atoms with E-state index in [1.807, 2.05) is 30.4 Å². The quantitative estimate of drug-likeness (QED) is 0.486. The molecule has 0 aromatic carbocycles. The topological polar surface area (TPSA) is 75.3 Å². The van der Waals surface area contributed by atoms with Gasteiger partial charge in [-0.1, -0.05) is 11.5 Å². The van der Waals surface area contributed by atoms with E-state index in [-0.39, 0.29) is 5.91 Å². The van der Waals surface area contributed by atoms with Gasteiger partial charge in [0.05, 0.1) is 16.5 Å². The first kappa shape index (κ1) is 22.0. The fourth-order valence-corrected chi connectivity index (χ4v) is 3.33. The number of hydrogen-bond acceptors (Lipinski definition) is 6. The Morgan fingerprint density at radius 1 is 1.43 bits per heavy atom. The number of nitrogens with zero attached hydrogens (tertiary/aromatic N) is 2. The van der Waals surface area contributed by atoms with Crippen molar-refractivity contribution in [3.05, 3.63) is 16.8 Å². The van der Waals surface area contributed by atoms with Gasteiger partial charge in [-0.15, -0.1) is 11.8 Å². The first-order chi connectivity index (χ1) is 10.8. The summed E-state index contributed by atoms with van der Waals surface area (Å²) in [6.07, 6.45) is 1.24. The fraction of sp³-hybridized carbons (Fsp3) is 0.667. The van der Waals surface area contributed by atoms with E-state index < -0.39 is 0 Å². The van der Waals surface area contributed by atoms with Crippen LogP contribution in [0.1, 0.15) is 26.0 Å². The molecule has 0 aliphatic heterocycles. The molecule has 1 amide bonds. The molecule has 134 valence electrons. The molecular formula is C15H31N5OS2. The van der Waals surface area contributed by atoms with Gasteiger partial charge >= 0.3 is 0 Å². The van der Waals surface area contributed by atoms with E-state index in [1.165, 1.54) is 19.9 Å². The highest BCUT2D eigenvalue weighted by molar-refractivity contribution is 8.08. The molecule has 0 saturated heterocycles. The molecule has 0 saturated carbocycles. The lowest BCUT2D eigenvalue weighted by Crippen LogP contribution is -2.19. The third-order valence-electron chi connectivity index (χ3n) is 2.82. The number of rotatable bonds is 8. The van der Waals surface area contributed by atoms with Gasteiger partial charge in [0.1, 0.15) is 0 Å². The van der Waals surface area contributed by atoms with Crippen molar-refractivity contribution in [2.75, 3.05) is 40.1 Å². The third-order valence-corrected chi connectivity index (χ3v) is 4.77. The standard InChI is InChI=1S/C9H15N3OS2.C6H16N2/c1-6(10)9(8-4-15-12(8)3)14-5-11-7(2)13;1-7-5-4-6-8(2)3/h4H,5,10H2,1-3H3,(H,11,13);7H,4-6H2,1-3H3/b9-6-;. The number of aryl methyl sites for hydroxylation is 1. The molecule has 1 aromatic rings. The summed E-state index contributed by atoms with van der Waals surface area (Å²) in [7, 11) is 8.16. The van der Waals surface area contributed by atoms with Crippen LogP contribution in [0.3, 0.4) is 0 Å². The number of amides is 1. The highest BCUT2D eigenvalue weighted by Crippen LogP contribution is 2.31. The van der Waals surface area contributed by atoms with Gasteiger partial charge in [-0.3, -0.25) is 8.75 Å². The molecule has 6 nitrogen and oxygen atoms in total. The molecule has 1 aromatic heterocycles. The van der Waals surface area contributed by atoms with Crippen molar-refractivity contribution in [2.24, 2.45) is 12.8 Å². The smallest absolute Gasteiger partial charge is 0.217 e. The van der Waals surface area contributed by atoms with Crippen molar-refractivity contribution in [2.45, 2.75) is 20.3 Å². The maximum atomic E-state index is 10.7. The highest BCUT2D eigenvalue weighted by atomic mass is 32.2. The van der Waals surface area contributed by atoms with Crippen molar-refractivity contribution >= 4 is 34.1 Å². The van der Waals surface area contributed by atoms with Crippen LogP contribution in [0.25, 0.3) is 4.91 Å². The molecule has 0 fully saturated rings. The van der Waals surface area contributed by atoms with E-state index >= 15 is 0 Å². The van der Waals surface area contributed by atoms with Gasteiger partial charge in [0, 0.05) is 25.0 Å². The van der Waals surface area contributed by atoms with E-state index in [0.29, 0.717) is 5.88 Å². The van der Waals surface area contributed by atoms with Crippen LogP contribution in [-0.4, -0.2) is 54.9 Å². The van der Waals surface area contributed by atoms with Gasteiger partial charge in [-0.2, -0.15) is 0 Å². The lowest BCUT2D eigenvalue weighted by atomic mass is 10.4. The zero-order chi connectivity index (χ0) is 17.8. The van der Waals surface area contributed by atoms with E-state index in [4.69, 9.17) is 5.73 Å². The van der Waals surface area contributed by atoms with Crippen molar-refractivity contribution in [1.82, 2.24) is 19.5 Å². The number of carbonyl (C=O) groups excluding carboxylic acids is 1. The molecule has 0 spiro atoms. The van der Waals surface area contributed by atoms with E-state index in [2.05, 4.69) is 29.6 Å². The summed E-state index contributed by atoms with van der Waals surface area (Å²) in [5.41, 5.74) is 7.70. The Morgan fingerprint density at radius 2 is 2.09 bits per heavy atom.